The molecule has 114 valence electrons. The van der Waals surface area contributed by atoms with Gasteiger partial charge >= 0.3 is 0 Å². The summed E-state index contributed by atoms with van der Waals surface area (Å²) in [6, 6.07) is 3.78. The average Bonchev–Trinajstić information content (AvgIpc) is 2.82. The number of hydrogen-bond donors (Lipinski definition) is 2. The lowest BCUT2D eigenvalue weighted by atomic mass is 9.84. The first kappa shape index (κ1) is 15.8. The number of carbonyl (C=O) groups excluding carboxylic acids is 2. The fraction of sp³-hybridized carbons (Fsp3) is 0.467. The van der Waals surface area contributed by atoms with E-state index in [1.807, 2.05) is 13.8 Å². The molecular formula is C15H18ClFN2O2. The SMILES string of the molecule is CC(C)(CNC(=O)C1CCC(=O)N1)c1ccc(F)cc1Cl. The summed E-state index contributed by atoms with van der Waals surface area (Å²) in [5, 5.41) is 5.78. The normalized spacial score (nSPS) is 18.5. The molecule has 1 saturated heterocycles. The zero-order valence-corrected chi connectivity index (χ0v) is 12.8. The summed E-state index contributed by atoms with van der Waals surface area (Å²) in [7, 11) is 0. The highest BCUT2D eigenvalue weighted by atomic mass is 35.5. The molecule has 1 heterocycles. The van der Waals surface area contributed by atoms with E-state index in [2.05, 4.69) is 10.6 Å². The third kappa shape index (κ3) is 3.73. The van der Waals surface area contributed by atoms with Gasteiger partial charge in [-0.05, 0) is 24.1 Å². The van der Waals surface area contributed by atoms with E-state index < -0.39 is 17.3 Å². The van der Waals surface area contributed by atoms with Crippen molar-refractivity contribution in [1.82, 2.24) is 10.6 Å². The van der Waals surface area contributed by atoms with Crippen LogP contribution in [0.1, 0.15) is 32.3 Å². The van der Waals surface area contributed by atoms with Crippen LogP contribution in [0.2, 0.25) is 5.02 Å². The molecule has 0 aliphatic carbocycles. The third-order valence-electron chi connectivity index (χ3n) is 3.68. The van der Waals surface area contributed by atoms with Crippen LogP contribution in [0.15, 0.2) is 18.2 Å². The summed E-state index contributed by atoms with van der Waals surface area (Å²) in [6.45, 7) is 4.18. The van der Waals surface area contributed by atoms with Gasteiger partial charge in [-0.1, -0.05) is 31.5 Å². The van der Waals surface area contributed by atoms with Gasteiger partial charge in [-0.2, -0.15) is 0 Å². The molecule has 2 N–H and O–H groups in total. The van der Waals surface area contributed by atoms with Crippen LogP contribution in [-0.2, 0) is 15.0 Å². The Morgan fingerprint density at radius 1 is 1.52 bits per heavy atom. The molecule has 1 aromatic carbocycles. The van der Waals surface area contributed by atoms with Crippen LogP contribution < -0.4 is 10.6 Å². The van der Waals surface area contributed by atoms with E-state index in [-0.39, 0.29) is 11.8 Å². The van der Waals surface area contributed by atoms with Crippen LogP contribution in [0.25, 0.3) is 0 Å². The van der Waals surface area contributed by atoms with Gasteiger partial charge in [0.2, 0.25) is 11.8 Å². The fourth-order valence-electron chi connectivity index (χ4n) is 2.38. The minimum absolute atomic E-state index is 0.101. The maximum Gasteiger partial charge on any atom is 0.242 e. The molecule has 0 saturated carbocycles. The Kier molecular flexibility index (Phi) is 4.52. The predicted octanol–water partition coefficient (Wildman–Crippen LogP) is 2.15. The van der Waals surface area contributed by atoms with E-state index in [9.17, 15) is 14.0 Å². The zero-order chi connectivity index (χ0) is 15.6. The van der Waals surface area contributed by atoms with E-state index in [0.717, 1.165) is 5.56 Å². The summed E-state index contributed by atoms with van der Waals surface area (Å²) in [5.41, 5.74) is 0.324. The highest BCUT2D eigenvalue weighted by Gasteiger charge is 2.29. The topological polar surface area (TPSA) is 58.2 Å². The van der Waals surface area contributed by atoms with Crippen molar-refractivity contribution in [1.29, 1.82) is 0 Å². The van der Waals surface area contributed by atoms with E-state index >= 15 is 0 Å². The smallest absolute Gasteiger partial charge is 0.242 e. The quantitative estimate of drug-likeness (QED) is 0.895. The summed E-state index contributed by atoms with van der Waals surface area (Å²) in [5.74, 6) is -0.694. The molecule has 1 aromatic rings. The standard InChI is InChI=1S/C15H18ClFN2O2/c1-15(2,10-4-3-9(17)7-11(10)16)8-18-14(21)12-5-6-13(20)19-12/h3-4,7,12H,5-6,8H2,1-2H3,(H,18,21)(H,19,20). The maximum absolute atomic E-state index is 13.1. The summed E-state index contributed by atoms with van der Waals surface area (Å²) in [4.78, 5) is 23.1. The Balaban J connectivity index is 2.00. The van der Waals surface area contributed by atoms with Crippen LogP contribution in [-0.4, -0.2) is 24.4 Å². The Hall–Kier alpha value is -1.62. The number of rotatable bonds is 4. The number of nitrogens with one attached hydrogen (secondary N) is 2. The summed E-state index contributed by atoms with van der Waals surface area (Å²) < 4.78 is 13.1. The first-order chi connectivity index (χ1) is 9.79. The third-order valence-corrected chi connectivity index (χ3v) is 3.99. The van der Waals surface area contributed by atoms with Crippen molar-refractivity contribution in [2.75, 3.05) is 6.54 Å². The van der Waals surface area contributed by atoms with E-state index in [0.29, 0.717) is 24.4 Å². The van der Waals surface area contributed by atoms with Gasteiger partial charge in [0.1, 0.15) is 11.9 Å². The van der Waals surface area contributed by atoms with Gasteiger partial charge < -0.3 is 10.6 Å². The Labute approximate surface area is 128 Å². The number of carbonyl (C=O) groups is 2. The molecule has 2 amide bonds. The van der Waals surface area contributed by atoms with Gasteiger partial charge in [0.15, 0.2) is 0 Å². The number of amides is 2. The van der Waals surface area contributed by atoms with Crippen LogP contribution in [0.4, 0.5) is 4.39 Å². The largest absolute Gasteiger partial charge is 0.353 e. The lowest BCUT2D eigenvalue weighted by molar-refractivity contribution is -0.125. The minimum atomic E-state index is -0.461. The molecule has 1 fully saturated rings. The van der Waals surface area contributed by atoms with Gasteiger partial charge in [0, 0.05) is 23.4 Å². The van der Waals surface area contributed by atoms with Crippen LogP contribution in [0.3, 0.4) is 0 Å². The van der Waals surface area contributed by atoms with Crippen molar-refractivity contribution in [2.24, 2.45) is 0 Å². The Morgan fingerprint density at radius 3 is 2.81 bits per heavy atom. The van der Waals surface area contributed by atoms with Gasteiger partial charge in [-0.3, -0.25) is 9.59 Å². The highest BCUT2D eigenvalue weighted by molar-refractivity contribution is 6.31. The monoisotopic (exact) mass is 312 g/mol. The van der Waals surface area contributed by atoms with Crippen molar-refractivity contribution in [2.45, 2.75) is 38.1 Å². The Morgan fingerprint density at radius 2 is 2.24 bits per heavy atom. The lowest BCUT2D eigenvalue weighted by Gasteiger charge is -2.27. The van der Waals surface area contributed by atoms with Crippen LogP contribution in [0, 0.1) is 5.82 Å². The molecule has 1 aliphatic heterocycles. The molecule has 0 bridgehead atoms. The molecule has 6 heteroatoms. The molecular weight excluding hydrogens is 295 g/mol. The fourth-order valence-corrected chi connectivity index (χ4v) is 2.80. The lowest BCUT2D eigenvalue weighted by Crippen LogP contribution is -2.45. The first-order valence-corrected chi connectivity index (χ1v) is 7.20. The first-order valence-electron chi connectivity index (χ1n) is 6.82. The van der Waals surface area contributed by atoms with Crippen molar-refractivity contribution < 1.29 is 14.0 Å². The highest BCUT2D eigenvalue weighted by Crippen LogP contribution is 2.30. The maximum atomic E-state index is 13.1. The van der Waals surface area contributed by atoms with Crippen molar-refractivity contribution >= 4 is 23.4 Å². The number of hydrogen-bond acceptors (Lipinski definition) is 2. The second kappa shape index (κ2) is 6.02. The molecule has 1 atom stereocenters. The van der Waals surface area contributed by atoms with Gasteiger partial charge in [0.05, 0.1) is 0 Å². The average molecular weight is 313 g/mol. The van der Waals surface area contributed by atoms with Gasteiger partial charge in [-0.15, -0.1) is 0 Å². The Bertz CT molecular complexity index is 575. The van der Waals surface area contributed by atoms with Crippen molar-refractivity contribution in [3.05, 3.63) is 34.6 Å². The predicted molar refractivity (Wildman–Crippen MR) is 78.6 cm³/mol. The summed E-state index contributed by atoms with van der Waals surface area (Å²) >= 11 is 6.07. The molecule has 4 nitrogen and oxygen atoms in total. The zero-order valence-electron chi connectivity index (χ0n) is 12.0. The number of halogens is 2. The molecule has 0 spiro atoms. The molecule has 21 heavy (non-hydrogen) atoms. The summed E-state index contributed by atoms with van der Waals surface area (Å²) in [6.07, 6.45) is 0.896. The molecule has 1 unspecified atom stereocenters. The molecule has 1 aliphatic rings. The van der Waals surface area contributed by atoms with E-state index in [4.69, 9.17) is 11.6 Å². The molecule has 0 aromatic heterocycles. The van der Waals surface area contributed by atoms with Gasteiger partial charge in [0.25, 0.3) is 0 Å². The van der Waals surface area contributed by atoms with E-state index in [1.54, 1.807) is 6.07 Å². The van der Waals surface area contributed by atoms with Crippen LogP contribution >= 0.6 is 11.6 Å². The number of benzene rings is 1. The second-order valence-corrected chi connectivity index (χ2v) is 6.29. The molecule has 2 rings (SSSR count). The van der Waals surface area contributed by atoms with E-state index in [1.165, 1.54) is 12.1 Å². The molecule has 0 radical (unpaired) electrons. The second-order valence-electron chi connectivity index (χ2n) is 5.88. The van der Waals surface area contributed by atoms with Gasteiger partial charge in [-0.25, -0.2) is 4.39 Å². The van der Waals surface area contributed by atoms with Crippen molar-refractivity contribution in [3.63, 3.8) is 0 Å². The minimum Gasteiger partial charge on any atom is -0.353 e. The van der Waals surface area contributed by atoms with Crippen molar-refractivity contribution in [3.8, 4) is 0 Å². The van der Waals surface area contributed by atoms with Crippen LogP contribution in [0.5, 0.6) is 0 Å².